The molecule has 1 aliphatic rings. The minimum absolute atomic E-state index is 0.00999. The number of fused-ring (bicyclic) bond motifs is 1. The maximum Gasteiger partial charge on any atom is 0.222 e. The number of benzene rings is 1. The summed E-state index contributed by atoms with van der Waals surface area (Å²) in [7, 11) is 0. The fourth-order valence-electron chi connectivity index (χ4n) is 1.77. The molecule has 0 aromatic heterocycles. The molecule has 5 heteroatoms. The van der Waals surface area contributed by atoms with Crippen LogP contribution in [0, 0.1) is 5.92 Å². The van der Waals surface area contributed by atoms with Crippen molar-refractivity contribution >= 4 is 17.5 Å². The summed E-state index contributed by atoms with van der Waals surface area (Å²) in [6.45, 7) is 4.85. The Labute approximate surface area is 111 Å². The van der Waals surface area contributed by atoms with Gasteiger partial charge in [0.05, 0.1) is 6.61 Å². The third-order valence-corrected chi connectivity index (χ3v) is 2.95. The predicted octanol–water partition coefficient (Wildman–Crippen LogP) is 2.48. The zero-order valence-corrected chi connectivity index (χ0v) is 11.2. The van der Waals surface area contributed by atoms with E-state index in [-0.39, 0.29) is 18.6 Å². The smallest absolute Gasteiger partial charge is 0.222 e. The molecule has 18 heavy (non-hydrogen) atoms. The van der Waals surface area contributed by atoms with Crippen LogP contribution in [-0.4, -0.2) is 12.7 Å². The highest BCUT2D eigenvalue weighted by molar-refractivity contribution is 6.30. The van der Waals surface area contributed by atoms with Gasteiger partial charge in [0.15, 0.2) is 6.79 Å². The fourth-order valence-corrected chi connectivity index (χ4v) is 2.04. The van der Waals surface area contributed by atoms with Crippen molar-refractivity contribution in [3.05, 3.63) is 28.3 Å². The molecule has 1 heterocycles. The monoisotopic (exact) mass is 269 g/mol. The molecule has 0 unspecified atom stereocenters. The number of halogens is 1. The lowest BCUT2D eigenvalue weighted by atomic mass is 10.1. The standard InChI is InChI=1S/C13H16ClNO3/c1-8(2)13(16)15-5-9-3-11(14)4-10-6-17-7-18-12(9)10/h3-4,8H,5-7H2,1-2H3,(H,15,16). The third kappa shape index (κ3) is 2.94. The second-order valence-corrected chi connectivity index (χ2v) is 4.97. The van der Waals surface area contributed by atoms with Crippen LogP contribution >= 0.6 is 11.6 Å². The van der Waals surface area contributed by atoms with Crippen molar-refractivity contribution in [1.29, 1.82) is 0 Å². The number of nitrogens with one attached hydrogen (secondary N) is 1. The summed E-state index contributed by atoms with van der Waals surface area (Å²) < 4.78 is 10.7. The van der Waals surface area contributed by atoms with E-state index in [1.165, 1.54) is 0 Å². The molecular formula is C13H16ClNO3. The minimum Gasteiger partial charge on any atom is -0.467 e. The van der Waals surface area contributed by atoms with Crippen molar-refractivity contribution in [2.45, 2.75) is 27.0 Å². The molecule has 1 amide bonds. The topological polar surface area (TPSA) is 47.6 Å². The molecule has 1 aliphatic heterocycles. The number of rotatable bonds is 3. The van der Waals surface area contributed by atoms with Crippen molar-refractivity contribution < 1.29 is 14.3 Å². The number of amides is 1. The molecule has 0 spiro atoms. The molecule has 0 saturated carbocycles. The Kier molecular flexibility index (Phi) is 4.09. The van der Waals surface area contributed by atoms with Crippen LogP contribution < -0.4 is 10.1 Å². The summed E-state index contributed by atoms with van der Waals surface area (Å²) >= 11 is 6.04. The molecule has 0 bridgehead atoms. The molecule has 0 radical (unpaired) electrons. The number of carbonyl (C=O) groups excluding carboxylic acids is 1. The van der Waals surface area contributed by atoms with Gasteiger partial charge in [-0.2, -0.15) is 0 Å². The lowest BCUT2D eigenvalue weighted by molar-refractivity contribution is -0.124. The summed E-state index contributed by atoms with van der Waals surface area (Å²) in [5, 5.41) is 3.48. The molecule has 1 aromatic rings. The Bertz CT molecular complexity index is 460. The van der Waals surface area contributed by atoms with E-state index in [2.05, 4.69) is 5.32 Å². The largest absolute Gasteiger partial charge is 0.467 e. The Morgan fingerprint density at radius 1 is 1.50 bits per heavy atom. The van der Waals surface area contributed by atoms with Crippen LogP contribution in [-0.2, 0) is 22.7 Å². The number of ether oxygens (including phenoxy) is 2. The first kappa shape index (κ1) is 13.2. The second-order valence-electron chi connectivity index (χ2n) is 4.54. The van der Waals surface area contributed by atoms with E-state index in [1.54, 1.807) is 0 Å². The van der Waals surface area contributed by atoms with Gasteiger partial charge < -0.3 is 14.8 Å². The average molecular weight is 270 g/mol. The highest BCUT2D eigenvalue weighted by Crippen LogP contribution is 2.31. The van der Waals surface area contributed by atoms with Gasteiger partial charge in [-0.1, -0.05) is 25.4 Å². The van der Waals surface area contributed by atoms with Crippen molar-refractivity contribution in [2.24, 2.45) is 5.92 Å². The van der Waals surface area contributed by atoms with E-state index in [0.29, 0.717) is 18.2 Å². The van der Waals surface area contributed by atoms with Gasteiger partial charge in [-0.15, -0.1) is 0 Å². The summed E-state index contributed by atoms with van der Waals surface area (Å²) in [5.74, 6) is 0.745. The lowest BCUT2D eigenvalue weighted by Crippen LogP contribution is -2.27. The first-order valence-corrected chi connectivity index (χ1v) is 6.25. The van der Waals surface area contributed by atoms with E-state index < -0.39 is 0 Å². The number of hydrogen-bond acceptors (Lipinski definition) is 3. The molecule has 0 fully saturated rings. The quantitative estimate of drug-likeness (QED) is 0.917. The third-order valence-electron chi connectivity index (χ3n) is 2.73. The SMILES string of the molecule is CC(C)C(=O)NCc1cc(Cl)cc2c1OCOC2. The van der Waals surface area contributed by atoms with Gasteiger partial charge in [-0.25, -0.2) is 0 Å². The Balaban J connectivity index is 2.17. The number of carbonyl (C=O) groups is 1. The van der Waals surface area contributed by atoms with Gasteiger partial charge in [0.1, 0.15) is 5.75 Å². The normalized spacial score (nSPS) is 14.0. The highest BCUT2D eigenvalue weighted by Gasteiger charge is 2.17. The fraction of sp³-hybridized carbons (Fsp3) is 0.462. The van der Waals surface area contributed by atoms with E-state index in [1.807, 2.05) is 26.0 Å². The van der Waals surface area contributed by atoms with Crippen LogP contribution in [0.4, 0.5) is 0 Å². The van der Waals surface area contributed by atoms with E-state index >= 15 is 0 Å². The lowest BCUT2D eigenvalue weighted by Gasteiger charge is -2.21. The number of hydrogen-bond donors (Lipinski definition) is 1. The van der Waals surface area contributed by atoms with Gasteiger partial charge in [0, 0.05) is 28.6 Å². The molecule has 0 saturated heterocycles. The molecular weight excluding hydrogens is 254 g/mol. The average Bonchev–Trinajstić information content (AvgIpc) is 2.35. The first-order valence-electron chi connectivity index (χ1n) is 5.87. The minimum atomic E-state index is -0.0377. The second kappa shape index (κ2) is 5.59. The van der Waals surface area contributed by atoms with Crippen LogP contribution in [0.15, 0.2) is 12.1 Å². The molecule has 4 nitrogen and oxygen atoms in total. The van der Waals surface area contributed by atoms with E-state index in [0.717, 1.165) is 16.9 Å². The van der Waals surface area contributed by atoms with Crippen molar-refractivity contribution in [1.82, 2.24) is 5.32 Å². The van der Waals surface area contributed by atoms with Crippen LogP contribution in [0.5, 0.6) is 5.75 Å². The van der Waals surface area contributed by atoms with Crippen LogP contribution in [0.3, 0.4) is 0 Å². The summed E-state index contributed by atoms with van der Waals surface area (Å²) in [4.78, 5) is 11.6. The molecule has 0 aliphatic carbocycles. The Morgan fingerprint density at radius 3 is 3.00 bits per heavy atom. The maximum absolute atomic E-state index is 11.6. The Hall–Kier alpha value is -1.26. The van der Waals surface area contributed by atoms with Gasteiger partial charge in [-0.3, -0.25) is 4.79 Å². The van der Waals surface area contributed by atoms with Crippen LogP contribution in [0.25, 0.3) is 0 Å². The van der Waals surface area contributed by atoms with Gasteiger partial charge in [0.25, 0.3) is 0 Å². The van der Waals surface area contributed by atoms with Gasteiger partial charge in [0.2, 0.25) is 5.91 Å². The molecule has 1 N–H and O–H groups in total. The van der Waals surface area contributed by atoms with Crippen LogP contribution in [0.2, 0.25) is 5.02 Å². The molecule has 98 valence electrons. The van der Waals surface area contributed by atoms with Gasteiger partial charge >= 0.3 is 0 Å². The Morgan fingerprint density at radius 2 is 2.28 bits per heavy atom. The molecule has 2 rings (SSSR count). The summed E-state index contributed by atoms with van der Waals surface area (Å²) in [5.41, 5.74) is 1.80. The van der Waals surface area contributed by atoms with Crippen LogP contribution in [0.1, 0.15) is 25.0 Å². The summed E-state index contributed by atoms with van der Waals surface area (Å²) in [6, 6.07) is 3.64. The predicted molar refractivity (Wildman–Crippen MR) is 68.4 cm³/mol. The molecule has 1 aromatic carbocycles. The highest BCUT2D eigenvalue weighted by atomic mass is 35.5. The summed E-state index contributed by atoms with van der Waals surface area (Å²) in [6.07, 6.45) is 0. The van der Waals surface area contributed by atoms with Gasteiger partial charge in [-0.05, 0) is 12.1 Å². The van der Waals surface area contributed by atoms with Crippen molar-refractivity contribution in [3.8, 4) is 5.75 Å². The maximum atomic E-state index is 11.6. The van der Waals surface area contributed by atoms with E-state index in [9.17, 15) is 4.79 Å². The van der Waals surface area contributed by atoms with Crippen molar-refractivity contribution in [2.75, 3.05) is 6.79 Å². The van der Waals surface area contributed by atoms with E-state index in [4.69, 9.17) is 21.1 Å². The zero-order valence-electron chi connectivity index (χ0n) is 10.5. The molecule has 0 atom stereocenters. The first-order chi connectivity index (χ1) is 8.58. The zero-order chi connectivity index (χ0) is 13.1. The van der Waals surface area contributed by atoms with Crippen molar-refractivity contribution in [3.63, 3.8) is 0 Å².